The summed E-state index contributed by atoms with van der Waals surface area (Å²) in [5, 5.41) is 15.4. The Morgan fingerprint density at radius 2 is 2.36 bits per heavy atom. The lowest BCUT2D eigenvalue weighted by Crippen LogP contribution is -2.34. The standard InChI is InChI=1S/C6H7N3O2/c1-2-6(8-9-6)3-4(7)5(10)11/h1,4H,3,7H2,(H,10,11)/t4-/m0/s1. The van der Waals surface area contributed by atoms with Gasteiger partial charge in [-0.15, -0.1) is 16.7 Å². The molecule has 0 radical (unpaired) electrons. The average molecular weight is 153 g/mol. The molecule has 0 fully saturated rings. The summed E-state index contributed by atoms with van der Waals surface area (Å²) in [6.45, 7) is 0. The van der Waals surface area contributed by atoms with Gasteiger partial charge in [-0.3, -0.25) is 4.79 Å². The summed E-state index contributed by atoms with van der Waals surface area (Å²) in [6.07, 6.45) is 5.11. The molecular weight excluding hydrogens is 146 g/mol. The number of hydrogen-bond acceptors (Lipinski definition) is 4. The first-order valence-corrected chi connectivity index (χ1v) is 3.00. The fraction of sp³-hybridized carbons (Fsp3) is 0.500. The van der Waals surface area contributed by atoms with Crippen LogP contribution in [-0.4, -0.2) is 22.8 Å². The SMILES string of the molecule is C#CC1(C[C@H](N)C(=O)O)N=N1. The van der Waals surface area contributed by atoms with Crippen LogP contribution in [0.2, 0.25) is 0 Å². The average Bonchev–Trinajstić information content (AvgIpc) is 2.69. The van der Waals surface area contributed by atoms with Crippen molar-refractivity contribution in [2.24, 2.45) is 16.0 Å². The maximum Gasteiger partial charge on any atom is 0.320 e. The van der Waals surface area contributed by atoms with Gasteiger partial charge in [0.05, 0.1) is 0 Å². The maximum absolute atomic E-state index is 10.2. The summed E-state index contributed by atoms with van der Waals surface area (Å²) in [6, 6.07) is -0.985. The van der Waals surface area contributed by atoms with Gasteiger partial charge in [0.2, 0.25) is 0 Å². The van der Waals surface area contributed by atoms with Crippen LogP contribution in [0.25, 0.3) is 0 Å². The molecule has 58 valence electrons. The number of carboxylic acids is 1. The Bertz CT molecular complexity index is 247. The van der Waals surface area contributed by atoms with Gasteiger partial charge in [0.15, 0.2) is 0 Å². The molecule has 1 aliphatic rings. The van der Waals surface area contributed by atoms with Crippen LogP contribution in [-0.2, 0) is 4.79 Å². The Hall–Kier alpha value is -1.41. The lowest BCUT2D eigenvalue weighted by Gasteiger charge is -2.06. The molecule has 11 heavy (non-hydrogen) atoms. The van der Waals surface area contributed by atoms with Crippen molar-refractivity contribution in [2.45, 2.75) is 18.1 Å². The quantitative estimate of drug-likeness (QED) is 0.540. The molecule has 0 aromatic heterocycles. The zero-order chi connectivity index (χ0) is 8.48. The van der Waals surface area contributed by atoms with Crippen LogP contribution in [0.4, 0.5) is 0 Å². The van der Waals surface area contributed by atoms with Gasteiger partial charge < -0.3 is 10.8 Å². The van der Waals surface area contributed by atoms with E-state index in [0.717, 1.165) is 0 Å². The van der Waals surface area contributed by atoms with E-state index in [2.05, 4.69) is 16.1 Å². The Labute approximate surface area is 63.3 Å². The molecule has 0 saturated heterocycles. The minimum Gasteiger partial charge on any atom is -0.480 e. The first-order chi connectivity index (χ1) is 5.09. The van der Waals surface area contributed by atoms with Gasteiger partial charge in [0.25, 0.3) is 5.66 Å². The van der Waals surface area contributed by atoms with E-state index in [-0.39, 0.29) is 6.42 Å². The van der Waals surface area contributed by atoms with Crippen LogP contribution in [0.15, 0.2) is 10.2 Å². The van der Waals surface area contributed by atoms with Crippen molar-refractivity contribution < 1.29 is 9.90 Å². The number of hydrogen-bond donors (Lipinski definition) is 2. The fourth-order valence-electron chi connectivity index (χ4n) is 0.653. The Morgan fingerprint density at radius 3 is 2.64 bits per heavy atom. The molecule has 1 heterocycles. The highest BCUT2D eigenvalue weighted by Gasteiger charge is 2.41. The smallest absolute Gasteiger partial charge is 0.320 e. The maximum atomic E-state index is 10.2. The molecule has 0 spiro atoms. The van der Waals surface area contributed by atoms with Crippen molar-refractivity contribution >= 4 is 5.97 Å². The van der Waals surface area contributed by atoms with Gasteiger partial charge in [0, 0.05) is 6.42 Å². The van der Waals surface area contributed by atoms with Crippen molar-refractivity contribution in [3.8, 4) is 12.3 Å². The molecular formula is C6H7N3O2. The van der Waals surface area contributed by atoms with Crippen LogP contribution >= 0.6 is 0 Å². The molecule has 5 heteroatoms. The van der Waals surface area contributed by atoms with E-state index < -0.39 is 17.7 Å². The molecule has 1 atom stereocenters. The van der Waals surface area contributed by atoms with Gasteiger partial charge in [0.1, 0.15) is 6.04 Å². The summed E-state index contributed by atoms with van der Waals surface area (Å²) in [7, 11) is 0. The van der Waals surface area contributed by atoms with E-state index in [1.807, 2.05) is 0 Å². The number of carboxylic acid groups (broad SMARTS) is 1. The summed E-state index contributed by atoms with van der Waals surface area (Å²) in [5.74, 6) is 1.18. The van der Waals surface area contributed by atoms with Gasteiger partial charge in [-0.25, -0.2) is 0 Å². The largest absolute Gasteiger partial charge is 0.480 e. The molecule has 0 aliphatic carbocycles. The zero-order valence-electron chi connectivity index (χ0n) is 5.69. The van der Waals surface area contributed by atoms with Crippen molar-refractivity contribution in [3.63, 3.8) is 0 Å². The highest BCUT2D eigenvalue weighted by molar-refractivity contribution is 5.73. The third kappa shape index (κ3) is 1.53. The number of terminal acetylenes is 1. The number of nitrogens with two attached hydrogens (primary N) is 1. The number of aliphatic carboxylic acids is 1. The van der Waals surface area contributed by atoms with Gasteiger partial charge in [-0.1, -0.05) is 0 Å². The summed E-state index contributed by atoms with van der Waals surface area (Å²) < 4.78 is 0. The molecule has 0 saturated carbocycles. The Balaban J connectivity index is 2.44. The van der Waals surface area contributed by atoms with Crippen LogP contribution in [0.3, 0.4) is 0 Å². The van der Waals surface area contributed by atoms with E-state index in [4.69, 9.17) is 17.3 Å². The molecule has 0 bridgehead atoms. The van der Waals surface area contributed by atoms with E-state index in [1.54, 1.807) is 0 Å². The number of nitrogens with zero attached hydrogens (tertiary/aromatic N) is 2. The predicted molar refractivity (Wildman–Crippen MR) is 36.6 cm³/mol. The third-order valence-corrected chi connectivity index (χ3v) is 1.39. The Morgan fingerprint density at radius 1 is 1.82 bits per heavy atom. The second-order valence-electron chi connectivity index (χ2n) is 2.31. The first-order valence-electron chi connectivity index (χ1n) is 3.00. The van der Waals surface area contributed by atoms with Gasteiger partial charge >= 0.3 is 5.97 Å². The van der Waals surface area contributed by atoms with Crippen LogP contribution in [0.1, 0.15) is 6.42 Å². The summed E-state index contributed by atoms with van der Waals surface area (Å²) in [4.78, 5) is 10.2. The van der Waals surface area contributed by atoms with Crippen molar-refractivity contribution in [3.05, 3.63) is 0 Å². The summed E-state index contributed by atoms with van der Waals surface area (Å²) >= 11 is 0. The molecule has 0 aromatic carbocycles. The van der Waals surface area contributed by atoms with Crippen molar-refractivity contribution in [2.75, 3.05) is 0 Å². The molecule has 3 N–H and O–H groups in total. The molecule has 5 nitrogen and oxygen atoms in total. The summed E-state index contributed by atoms with van der Waals surface area (Å²) in [5.41, 5.74) is 4.27. The minimum atomic E-state index is -1.09. The Kier molecular flexibility index (Phi) is 1.63. The molecule has 0 unspecified atom stereocenters. The zero-order valence-corrected chi connectivity index (χ0v) is 5.69. The van der Waals surface area contributed by atoms with E-state index in [1.165, 1.54) is 0 Å². The number of rotatable bonds is 3. The van der Waals surface area contributed by atoms with Crippen LogP contribution in [0.5, 0.6) is 0 Å². The topological polar surface area (TPSA) is 88.0 Å². The predicted octanol–water partition coefficient (Wildman–Crippen LogP) is -0.416. The van der Waals surface area contributed by atoms with Crippen molar-refractivity contribution in [1.29, 1.82) is 0 Å². The normalized spacial score (nSPS) is 20.4. The van der Waals surface area contributed by atoms with Crippen LogP contribution < -0.4 is 5.73 Å². The lowest BCUT2D eigenvalue weighted by molar-refractivity contribution is -0.138. The minimum absolute atomic E-state index is 0.0822. The van der Waals surface area contributed by atoms with E-state index in [0.29, 0.717) is 0 Å². The second kappa shape index (κ2) is 2.32. The highest BCUT2D eigenvalue weighted by Crippen LogP contribution is 2.31. The lowest BCUT2D eigenvalue weighted by atomic mass is 10.1. The fourth-order valence-corrected chi connectivity index (χ4v) is 0.653. The molecule has 1 rings (SSSR count). The highest BCUT2D eigenvalue weighted by atomic mass is 16.4. The van der Waals surface area contributed by atoms with E-state index >= 15 is 0 Å². The first kappa shape index (κ1) is 7.69. The van der Waals surface area contributed by atoms with Crippen LogP contribution in [0, 0.1) is 12.3 Å². The third-order valence-electron chi connectivity index (χ3n) is 1.39. The molecule has 0 amide bonds. The van der Waals surface area contributed by atoms with Gasteiger partial charge in [-0.05, 0) is 5.92 Å². The second-order valence-corrected chi connectivity index (χ2v) is 2.31. The molecule has 1 aliphatic heterocycles. The van der Waals surface area contributed by atoms with E-state index in [9.17, 15) is 4.79 Å². The monoisotopic (exact) mass is 153 g/mol. The van der Waals surface area contributed by atoms with Crippen molar-refractivity contribution in [1.82, 2.24) is 0 Å². The van der Waals surface area contributed by atoms with Gasteiger partial charge in [-0.2, -0.15) is 0 Å². The molecule has 0 aromatic rings. The number of carbonyl (C=O) groups is 1.